The second-order valence-corrected chi connectivity index (χ2v) is 10.3. The van der Waals surface area contributed by atoms with E-state index in [9.17, 15) is 0 Å². The first-order valence-corrected chi connectivity index (χ1v) is 11.5. The van der Waals surface area contributed by atoms with Gasteiger partial charge in [0.2, 0.25) is 0 Å². The van der Waals surface area contributed by atoms with Gasteiger partial charge in [-0.3, -0.25) is 0 Å². The van der Waals surface area contributed by atoms with Gasteiger partial charge in [-0.25, -0.2) is 0 Å². The zero-order valence-electron chi connectivity index (χ0n) is 17.7. The van der Waals surface area contributed by atoms with E-state index in [4.69, 9.17) is 4.74 Å². The molecule has 8 atom stereocenters. The molecule has 4 aliphatic rings. The maximum atomic E-state index is 6.19. The Bertz CT molecular complexity index is 461. The maximum Gasteiger partial charge on any atom is 0.0630 e. The molecule has 0 aromatic carbocycles. The van der Waals surface area contributed by atoms with Gasteiger partial charge in [0.05, 0.1) is 6.10 Å². The predicted octanol–water partition coefficient (Wildman–Crippen LogP) is 3.98. The maximum absolute atomic E-state index is 6.19. The monoisotopic (exact) mass is 362 g/mol. The summed E-state index contributed by atoms with van der Waals surface area (Å²) >= 11 is 0. The summed E-state index contributed by atoms with van der Waals surface area (Å²) in [5, 5.41) is 0. The van der Waals surface area contributed by atoms with Gasteiger partial charge >= 0.3 is 0 Å². The highest BCUT2D eigenvalue weighted by Gasteiger charge is 2.57. The van der Waals surface area contributed by atoms with Crippen molar-refractivity contribution in [3.05, 3.63) is 0 Å². The van der Waals surface area contributed by atoms with Gasteiger partial charge in [0.15, 0.2) is 0 Å². The van der Waals surface area contributed by atoms with Gasteiger partial charge in [-0.1, -0.05) is 26.7 Å². The van der Waals surface area contributed by atoms with Crippen molar-refractivity contribution in [2.45, 2.75) is 58.5 Å². The van der Waals surface area contributed by atoms with Crippen LogP contribution < -0.4 is 0 Å². The average Bonchev–Trinajstić information content (AvgIpc) is 2.96. The highest BCUT2D eigenvalue weighted by molar-refractivity contribution is 5.05. The first-order valence-electron chi connectivity index (χ1n) is 11.5. The minimum absolute atomic E-state index is 0.513. The second-order valence-electron chi connectivity index (χ2n) is 10.3. The summed E-state index contributed by atoms with van der Waals surface area (Å²) in [6.07, 6.45) is 9.29. The molecule has 3 aliphatic carbocycles. The van der Waals surface area contributed by atoms with E-state index in [1.165, 1.54) is 71.2 Å². The van der Waals surface area contributed by atoms with Crippen molar-refractivity contribution >= 4 is 0 Å². The molecular weight excluding hydrogens is 320 g/mol. The summed E-state index contributed by atoms with van der Waals surface area (Å²) in [6.45, 7) is 11.4. The minimum atomic E-state index is 0.513. The molecule has 0 radical (unpaired) electrons. The first-order chi connectivity index (χ1) is 12.6. The van der Waals surface area contributed by atoms with Crippen LogP contribution >= 0.6 is 0 Å². The molecule has 0 N–H and O–H groups in total. The molecule has 3 heteroatoms. The van der Waals surface area contributed by atoms with Crippen LogP contribution in [0, 0.1) is 41.4 Å². The van der Waals surface area contributed by atoms with Gasteiger partial charge in [-0.05, 0) is 80.7 Å². The number of ether oxygens (including phenoxy) is 1. The Morgan fingerprint density at radius 1 is 0.885 bits per heavy atom. The minimum Gasteiger partial charge on any atom is -0.381 e. The van der Waals surface area contributed by atoms with Gasteiger partial charge in [0, 0.05) is 33.3 Å². The molecule has 8 unspecified atom stereocenters. The van der Waals surface area contributed by atoms with E-state index in [-0.39, 0.29) is 0 Å². The van der Waals surface area contributed by atoms with Crippen molar-refractivity contribution in [1.82, 2.24) is 9.80 Å². The van der Waals surface area contributed by atoms with Crippen molar-refractivity contribution in [2.24, 2.45) is 41.4 Å². The lowest BCUT2D eigenvalue weighted by molar-refractivity contribution is -0.0708. The number of hydrogen-bond donors (Lipinski definition) is 0. The van der Waals surface area contributed by atoms with Gasteiger partial charge in [-0.15, -0.1) is 0 Å². The fraction of sp³-hybridized carbons (Fsp3) is 1.00. The lowest BCUT2D eigenvalue weighted by Crippen LogP contribution is -2.46. The molecule has 0 amide bonds. The molecule has 150 valence electrons. The van der Waals surface area contributed by atoms with E-state index >= 15 is 0 Å². The van der Waals surface area contributed by atoms with E-state index in [1.807, 2.05) is 7.11 Å². The fourth-order valence-corrected chi connectivity index (χ4v) is 7.77. The lowest BCUT2D eigenvalue weighted by atomic mass is 9.64. The van der Waals surface area contributed by atoms with Crippen molar-refractivity contribution in [3.8, 4) is 0 Å². The van der Waals surface area contributed by atoms with E-state index < -0.39 is 0 Å². The normalized spacial score (nSPS) is 47.5. The van der Waals surface area contributed by atoms with Crippen LogP contribution in [0.2, 0.25) is 0 Å². The van der Waals surface area contributed by atoms with Crippen molar-refractivity contribution in [3.63, 3.8) is 0 Å². The van der Waals surface area contributed by atoms with E-state index in [1.54, 1.807) is 0 Å². The molecular formula is C23H42N2O. The number of nitrogens with zero attached hydrogens (tertiary/aromatic N) is 2. The quantitative estimate of drug-likeness (QED) is 0.752. The number of rotatable bonds is 4. The summed E-state index contributed by atoms with van der Waals surface area (Å²) in [7, 11) is 4.26. The lowest BCUT2D eigenvalue weighted by Gasteiger charge is -2.45. The standard InChI is InChI=1S/C23H42N2O/c1-16-15-17(2)23(26-4)22-20(9-10-25-13-11-24(3)12-14-25)18-7-5-6-8-19(18)21(16)22/h16-23H,5-15H2,1-4H3. The zero-order chi connectivity index (χ0) is 18.3. The van der Waals surface area contributed by atoms with Gasteiger partial charge < -0.3 is 14.5 Å². The van der Waals surface area contributed by atoms with Crippen LogP contribution in [0.3, 0.4) is 0 Å². The first kappa shape index (κ1) is 19.2. The predicted molar refractivity (Wildman–Crippen MR) is 108 cm³/mol. The summed E-state index contributed by atoms with van der Waals surface area (Å²) < 4.78 is 6.19. The molecule has 0 aromatic rings. The molecule has 1 heterocycles. The van der Waals surface area contributed by atoms with Gasteiger partial charge in [0.25, 0.3) is 0 Å². The van der Waals surface area contributed by atoms with Crippen LogP contribution in [-0.2, 0) is 4.74 Å². The molecule has 0 spiro atoms. The summed E-state index contributed by atoms with van der Waals surface area (Å²) in [6, 6.07) is 0. The SMILES string of the molecule is COC1C(C)CC(C)C2C3CCCCC3C(CCN3CCN(C)CC3)C12. The summed E-state index contributed by atoms with van der Waals surface area (Å²) in [4.78, 5) is 5.22. The summed E-state index contributed by atoms with van der Waals surface area (Å²) in [5.74, 6) is 6.34. The Labute approximate surface area is 161 Å². The van der Waals surface area contributed by atoms with Crippen LogP contribution in [0.4, 0.5) is 0 Å². The largest absolute Gasteiger partial charge is 0.381 e. The third-order valence-electron chi connectivity index (χ3n) is 8.85. The molecule has 4 rings (SSSR count). The Kier molecular flexibility index (Phi) is 5.98. The highest BCUT2D eigenvalue weighted by Crippen LogP contribution is 2.61. The molecule has 26 heavy (non-hydrogen) atoms. The van der Waals surface area contributed by atoms with Crippen LogP contribution in [0.5, 0.6) is 0 Å². The Balaban J connectivity index is 1.50. The number of hydrogen-bond acceptors (Lipinski definition) is 3. The van der Waals surface area contributed by atoms with Crippen molar-refractivity contribution < 1.29 is 4.74 Å². The molecule has 1 aliphatic heterocycles. The van der Waals surface area contributed by atoms with E-state index in [0.717, 1.165) is 41.4 Å². The molecule has 0 aromatic heterocycles. The average molecular weight is 363 g/mol. The van der Waals surface area contributed by atoms with E-state index in [0.29, 0.717) is 6.10 Å². The molecule has 1 saturated heterocycles. The zero-order valence-corrected chi connectivity index (χ0v) is 17.7. The summed E-state index contributed by atoms with van der Waals surface area (Å²) in [5.41, 5.74) is 0. The van der Waals surface area contributed by atoms with Crippen molar-refractivity contribution in [1.29, 1.82) is 0 Å². The number of piperazine rings is 1. The Morgan fingerprint density at radius 2 is 1.58 bits per heavy atom. The third kappa shape index (κ3) is 3.49. The molecule has 4 fully saturated rings. The van der Waals surface area contributed by atoms with Crippen LogP contribution in [-0.4, -0.2) is 62.8 Å². The smallest absolute Gasteiger partial charge is 0.0630 e. The fourth-order valence-electron chi connectivity index (χ4n) is 7.77. The third-order valence-corrected chi connectivity index (χ3v) is 8.85. The van der Waals surface area contributed by atoms with Crippen LogP contribution in [0.25, 0.3) is 0 Å². The second kappa shape index (κ2) is 8.09. The number of methoxy groups -OCH3 is 1. The Hall–Kier alpha value is -0.120. The Morgan fingerprint density at radius 3 is 2.27 bits per heavy atom. The highest BCUT2D eigenvalue weighted by atomic mass is 16.5. The van der Waals surface area contributed by atoms with E-state index in [2.05, 4.69) is 30.7 Å². The van der Waals surface area contributed by atoms with Crippen LogP contribution in [0.1, 0.15) is 52.4 Å². The topological polar surface area (TPSA) is 15.7 Å². The van der Waals surface area contributed by atoms with Crippen molar-refractivity contribution in [2.75, 3.05) is 46.9 Å². The molecule has 0 bridgehead atoms. The number of fused-ring (bicyclic) bond motifs is 3. The molecule has 3 nitrogen and oxygen atoms in total. The van der Waals surface area contributed by atoms with Gasteiger partial charge in [-0.2, -0.15) is 0 Å². The van der Waals surface area contributed by atoms with Crippen LogP contribution in [0.15, 0.2) is 0 Å². The number of likely N-dealkylation sites (N-methyl/N-ethyl adjacent to an activating group) is 1. The van der Waals surface area contributed by atoms with Gasteiger partial charge in [0.1, 0.15) is 0 Å². The molecule has 3 saturated carbocycles.